The minimum absolute atomic E-state index is 0.0617. The molecule has 0 aliphatic carbocycles. The highest BCUT2D eigenvalue weighted by molar-refractivity contribution is 7.92. The van der Waals surface area contributed by atoms with Gasteiger partial charge in [0.15, 0.2) is 11.5 Å². The highest BCUT2D eigenvalue weighted by atomic mass is 32.2. The molecule has 1 unspecified atom stereocenters. The zero-order valence-corrected chi connectivity index (χ0v) is 26.2. The molecule has 0 aromatic heterocycles. The molecule has 0 heterocycles. The molecule has 0 aliphatic rings. The average Bonchev–Trinajstić information content (AvgIpc) is 2.95. The van der Waals surface area contributed by atoms with Gasteiger partial charge in [0.25, 0.3) is 10.0 Å². The van der Waals surface area contributed by atoms with E-state index in [0.29, 0.717) is 24.4 Å². The molecule has 10 heteroatoms. The number of aryl methyl sites for hydroxylation is 3. The van der Waals surface area contributed by atoms with Crippen molar-refractivity contribution in [1.82, 2.24) is 10.2 Å². The molecule has 0 saturated carbocycles. The van der Waals surface area contributed by atoms with Crippen molar-refractivity contribution >= 4 is 27.5 Å². The number of methoxy groups -OCH3 is 2. The Morgan fingerprint density at radius 1 is 0.881 bits per heavy atom. The highest BCUT2D eigenvalue weighted by Gasteiger charge is 2.34. The van der Waals surface area contributed by atoms with E-state index in [4.69, 9.17) is 9.47 Å². The number of nitrogens with one attached hydrogen (secondary N) is 1. The van der Waals surface area contributed by atoms with Gasteiger partial charge in [0, 0.05) is 19.2 Å². The summed E-state index contributed by atoms with van der Waals surface area (Å²) in [7, 11) is -1.38. The molecule has 0 radical (unpaired) electrons. The van der Waals surface area contributed by atoms with Gasteiger partial charge in [0.2, 0.25) is 11.8 Å². The lowest BCUT2D eigenvalue weighted by Gasteiger charge is -2.33. The predicted octanol–water partition coefficient (Wildman–Crippen LogP) is 4.77. The van der Waals surface area contributed by atoms with Gasteiger partial charge in [0.05, 0.1) is 24.8 Å². The second-order valence-electron chi connectivity index (χ2n) is 10.1. The number of anilines is 1. The molecule has 226 valence electrons. The molecule has 0 bridgehead atoms. The summed E-state index contributed by atoms with van der Waals surface area (Å²) in [5, 5.41) is 2.82. The van der Waals surface area contributed by atoms with Crippen LogP contribution < -0.4 is 19.1 Å². The number of ether oxygens (including phenoxy) is 2. The van der Waals surface area contributed by atoms with Crippen LogP contribution in [0, 0.1) is 20.8 Å². The molecule has 3 aromatic carbocycles. The molecule has 2 amide bonds. The lowest BCUT2D eigenvalue weighted by atomic mass is 10.1. The molecule has 0 spiro atoms. The van der Waals surface area contributed by atoms with Crippen LogP contribution in [0.3, 0.4) is 0 Å². The minimum atomic E-state index is -4.27. The summed E-state index contributed by atoms with van der Waals surface area (Å²) < 4.78 is 40.3. The van der Waals surface area contributed by atoms with Crippen LogP contribution in [0.2, 0.25) is 0 Å². The van der Waals surface area contributed by atoms with Gasteiger partial charge in [-0.3, -0.25) is 13.9 Å². The Morgan fingerprint density at radius 2 is 1.52 bits per heavy atom. The SMILES string of the molecule is CCNC(=O)C(CC)N(Cc1ccccc1C)C(=O)CN(c1cc(C)cc(C)c1)S(=O)(=O)c1ccc(OC)c(OC)c1. The molecular weight excluding hydrogens is 554 g/mol. The fourth-order valence-corrected chi connectivity index (χ4v) is 6.32. The van der Waals surface area contributed by atoms with E-state index in [-0.39, 0.29) is 23.1 Å². The maximum atomic E-state index is 14.2. The molecule has 9 nitrogen and oxygen atoms in total. The number of carbonyl (C=O) groups is 2. The number of likely N-dealkylation sites (N-methyl/N-ethyl adjacent to an activating group) is 1. The topological polar surface area (TPSA) is 105 Å². The number of nitrogens with zero attached hydrogens (tertiary/aromatic N) is 2. The molecule has 0 fully saturated rings. The summed E-state index contributed by atoms with van der Waals surface area (Å²) in [6.45, 7) is 9.37. The normalized spacial score (nSPS) is 11.9. The van der Waals surface area contributed by atoms with Crippen LogP contribution in [0.25, 0.3) is 0 Å². The number of carbonyl (C=O) groups excluding carboxylic acids is 2. The van der Waals surface area contributed by atoms with Gasteiger partial charge in [-0.05, 0) is 80.6 Å². The van der Waals surface area contributed by atoms with Crippen molar-refractivity contribution in [1.29, 1.82) is 0 Å². The Bertz CT molecular complexity index is 1500. The predicted molar refractivity (Wildman–Crippen MR) is 164 cm³/mol. The number of sulfonamides is 1. The molecule has 1 atom stereocenters. The van der Waals surface area contributed by atoms with Gasteiger partial charge < -0.3 is 19.7 Å². The van der Waals surface area contributed by atoms with Gasteiger partial charge in [-0.25, -0.2) is 8.42 Å². The second kappa shape index (κ2) is 14.2. The van der Waals surface area contributed by atoms with Crippen LogP contribution in [0.1, 0.15) is 42.5 Å². The number of hydrogen-bond acceptors (Lipinski definition) is 6. The number of hydrogen-bond donors (Lipinski definition) is 1. The highest BCUT2D eigenvalue weighted by Crippen LogP contribution is 2.33. The summed E-state index contributed by atoms with van der Waals surface area (Å²) in [6, 6.07) is 16.5. The van der Waals surface area contributed by atoms with Crippen LogP contribution in [0.5, 0.6) is 11.5 Å². The van der Waals surface area contributed by atoms with E-state index < -0.39 is 28.5 Å². The molecule has 3 rings (SSSR count). The third kappa shape index (κ3) is 7.42. The monoisotopic (exact) mass is 595 g/mol. The van der Waals surface area contributed by atoms with Gasteiger partial charge in [-0.15, -0.1) is 0 Å². The van der Waals surface area contributed by atoms with Crippen molar-refractivity contribution in [2.45, 2.75) is 58.5 Å². The Kier molecular flexibility index (Phi) is 11.0. The zero-order valence-electron chi connectivity index (χ0n) is 25.4. The summed E-state index contributed by atoms with van der Waals surface area (Å²) in [5.74, 6) is -0.168. The first-order valence-electron chi connectivity index (χ1n) is 13.9. The third-order valence-corrected chi connectivity index (χ3v) is 8.83. The molecular formula is C32H41N3O6S. The van der Waals surface area contributed by atoms with E-state index in [1.165, 1.54) is 37.3 Å². The fraction of sp³-hybridized carbons (Fsp3) is 0.375. The van der Waals surface area contributed by atoms with Crippen molar-refractivity contribution < 1.29 is 27.5 Å². The number of amides is 2. The van der Waals surface area contributed by atoms with E-state index in [0.717, 1.165) is 26.6 Å². The molecule has 42 heavy (non-hydrogen) atoms. The van der Waals surface area contributed by atoms with Crippen LogP contribution >= 0.6 is 0 Å². The van der Waals surface area contributed by atoms with E-state index in [1.54, 1.807) is 12.1 Å². The quantitative estimate of drug-likeness (QED) is 0.305. The molecule has 3 aromatic rings. The number of benzene rings is 3. The van der Waals surface area contributed by atoms with E-state index in [2.05, 4.69) is 5.32 Å². The average molecular weight is 596 g/mol. The zero-order chi connectivity index (χ0) is 31.0. The van der Waals surface area contributed by atoms with Gasteiger partial charge in [-0.1, -0.05) is 37.3 Å². The lowest BCUT2D eigenvalue weighted by Crippen LogP contribution is -2.52. The first-order valence-corrected chi connectivity index (χ1v) is 15.4. The van der Waals surface area contributed by atoms with Crippen molar-refractivity contribution in [2.24, 2.45) is 0 Å². The van der Waals surface area contributed by atoms with Crippen LogP contribution in [-0.4, -0.2) is 58.5 Å². The van der Waals surface area contributed by atoms with E-state index in [1.807, 2.05) is 65.0 Å². The number of rotatable bonds is 13. The standard InChI is InChI=1S/C32H41N3O6S/c1-8-28(32(37)33-9-2)34(20-25-13-11-10-12-24(25)5)31(36)21-35(26-17-22(3)16-23(4)18-26)42(38,39)27-14-15-29(40-6)30(19-27)41-7/h10-19,28H,8-9,20-21H2,1-7H3,(H,33,37). The fourth-order valence-electron chi connectivity index (χ4n) is 4.91. The van der Waals surface area contributed by atoms with Crippen LogP contribution in [-0.2, 0) is 26.2 Å². The Labute approximate surface area is 249 Å². The van der Waals surface area contributed by atoms with Crippen molar-refractivity contribution in [3.63, 3.8) is 0 Å². The largest absolute Gasteiger partial charge is 0.493 e. The Hall–Kier alpha value is -4.05. The smallest absolute Gasteiger partial charge is 0.264 e. The summed E-state index contributed by atoms with van der Waals surface area (Å²) in [5.41, 5.74) is 3.86. The van der Waals surface area contributed by atoms with Crippen LogP contribution in [0.15, 0.2) is 65.6 Å². The summed E-state index contributed by atoms with van der Waals surface area (Å²) in [6.07, 6.45) is 0.357. The first kappa shape index (κ1) is 32.5. The van der Waals surface area contributed by atoms with Crippen molar-refractivity contribution in [2.75, 3.05) is 31.6 Å². The van der Waals surface area contributed by atoms with Crippen LogP contribution in [0.4, 0.5) is 5.69 Å². The summed E-state index contributed by atoms with van der Waals surface area (Å²) in [4.78, 5) is 28.8. The van der Waals surface area contributed by atoms with Crippen molar-refractivity contribution in [3.8, 4) is 11.5 Å². The maximum Gasteiger partial charge on any atom is 0.264 e. The molecule has 0 saturated heterocycles. The first-order chi connectivity index (χ1) is 20.0. The molecule has 1 N–H and O–H groups in total. The summed E-state index contributed by atoms with van der Waals surface area (Å²) >= 11 is 0. The maximum absolute atomic E-state index is 14.2. The van der Waals surface area contributed by atoms with Gasteiger partial charge in [-0.2, -0.15) is 0 Å². The Morgan fingerprint density at radius 3 is 2.10 bits per heavy atom. The second-order valence-corrected chi connectivity index (χ2v) is 12.0. The van der Waals surface area contributed by atoms with E-state index >= 15 is 0 Å². The van der Waals surface area contributed by atoms with Gasteiger partial charge >= 0.3 is 0 Å². The van der Waals surface area contributed by atoms with Gasteiger partial charge in [0.1, 0.15) is 12.6 Å². The third-order valence-electron chi connectivity index (χ3n) is 7.06. The van der Waals surface area contributed by atoms with Crippen molar-refractivity contribution in [3.05, 3.63) is 82.9 Å². The van der Waals surface area contributed by atoms with E-state index in [9.17, 15) is 18.0 Å². The minimum Gasteiger partial charge on any atom is -0.493 e. The Balaban J connectivity index is 2.15. The molecule has 0 aliphatic heterocycles. The lowest BCUT2D eigenvalue weighted by molar-refractivity contribution is -0.140.